The van der Waals surface area contributed by atoms with Crippen molar-refractivity contribution < 1.29 is 0 Å². The second-order valence-electron chi connectivity index (χ2n) is 5.55. The van der Waals surface area contributed by atoms with Gasteiger partial charge in [-0.2, -0.15) is 0 Å². The molecule has 0 radical (unpaired) electrons. The van der Waals surface area contributed by atoms with Gasteiger partial charge >= 0.3 is 0 Å². The van der Waals surface area contributed by atoms with Crippen LogP contribution < -0.4 is 5.32 Å². The Kier molecular flexibility index (Phi) is 3.37. The van der Waals surface area contributed by atoms with Crippen molar-refractivity contribution in [2.75, 3.05) is 6.54 Å². The second kappa shape index (κ2) is 5.15. The summed E-state index contributed by atoms with van der Waals surface area (Å²) >= 11 is 0. The number of fused-ring (bicyclic) bond motifs is 1. The quantitative estimate of drug-likeness (QED) is 0.843. The van der Waals surface area contributed by atoms with Crippen LogP contribution in [0.3, 0.4) is 0 Å². The summed E-state index contributed by atoms with van der Waals surface area (Å²) < 4.78 is 0. The molecule has 1 fully saturated rings. The number of H-pyrrole nitrogens is 1. The Morgan fingerprint density at radius 1 is 1.28 bits per heavy atom. The summed E-state index contributed by atoms with van der Waals surface area (Å²) in [5.74, 6) is 0. The first-order valence-corrected chi connectivity index (χ1v) is 7.13. The van der Waals surface area contributed by atoms with Crippen LogP contribution in [-0.2, 0) is 6.42 Å². The fraction of sp³-hybridized carbons (Fsp3) is 0.500. The number of aromatic nitrogens is 1. The molecule has 3 rings (SSSR count). The van der Waals surface area contributed by atoms with Crippen LogP contribution in [0, 0.1) is 6.92 Å². The minimum Gasteiger partial charge on any atom is -0.361 e. The van der Waals surface area contributed by atoms with E-state index < -0.39 is 0 Å². The van der Waals surface area contributed by atoms with Crippen molar-refractivity contribution >= 4 is 10.9 Å². The first-order chi connectivity index (χ1) is 8.83. The SMILES string of the molecule is Cc1ccc2c(CCNC3CCCC3)c[nH]c2c1. The van der Waals surface area contributed by atoms with Gasteiger partial charge in [-0.3, -0.25) is 0 Å². The average Bonchev–Trinajstić information content (AvgIpc) is 2.99. The number of hydrogen-bond acceptors (Lipinski definition) is 1. The monoisotopic (exact) mass is 242 g/mol. The summed E-state index contributed by atoms with van der Waals surface area (Å²) in [6, 6.07) is 7.44. The van der Waals surface area contributed by atoms with E-state index in [1.165, 1.54) is 47.7 Å². The Morgan fingerprint density at radius 2 is 2.11 bits per heavy atom. The molecule has 1 aliphatic rings. The Balaban J connectivity index is 1.63. The molecule has 0 unspecified atom stereocenters. The summed E-state index contributed by atoms with van der Waals surface area (Å²) in [6.45, 7) is 3.24. The Morgan fingerprint density at radius 3 is 2.94 bits per heavy atom. The molecule has 2 N–H and O–H groups in total. The smallest absolute Gasteiger partial charge is 0.0459 e. The molecule has 1 aromatic carbocycles. The van der Waals surface area contributed by atoms with Crippen molar-refractivity contribution in [3.05, 3.63) is 35.5 Å². The van der Waals surface area contributed by atoms with E-state index in [2.05, 4.69) is 41.6 Å². The highest BCUT2D eigenvalue weighted by molar-refractivity contribution is 5.83. The lowest BCUT2D eigenvalue weighted by Crippen LogP contribution is -2.27. The number of rotatable bonds is 4. The fourth-order valence-corrected chi connectivity index (χ4v) is 3.05. The van der Waals surface area contributed by atoms with Gasteiger partial charge in [0.05, 0.1) is 0 Å². The zero-order valence-corrected chi connectivity index (χ0v) is 11.1. The van der Waals surface area contributed by atoms with Gasteiger partial charge in [-0.15, -0.1) is 0 Å². The number of aryl methyl sites for hydroxylation is 1. The van der Waals surface area contributed by atoms with E-state index in [0.717, 1.165) is 19.0 Å². The van der Waals surface area contributed by atoms with E-state index in [4.69, 9.17) is 0 Å². The third kappa shape index (κ3) is 2.44. The van der Waals surface area contributed by atoms with Gasteiger partial charge in [0, 0.05) is 23.1 Å². The summed E-state index contributed by atoms with van der Waals surface area (Å²) in [6.07, 6.45) is 8.84. The van der Waals surface area contributed by atoms with Crippen LogP contribution in [0.5, 0.6) is 0 Å². The number of benzene rings is 1. The molecule has 1 aliphatic carbocycles. The third-order valence-corrected chi connectivity index (χ3v) is 4.11. The molecule has 2 nitrogen and oxygen atoms in total. The fourth-order valence-electron chi connectivity index (χ4n) is 3.05. The van der Waals surface area contributed by atoms with Gasteiger partial charge < -0.3 is 10.3 Å². The van der Waals surface area contributed by atoms with Crippen LogP contribution in [0.1, 0.15) is 36.8 Å². The molecule has 0 aliphatic heterocycles. The highest BCUT2D eigenvalue weighted by atomic mass is 14.9. The van der Waals surface area contributed by atoms with E-state index in [1.54, 1.807) is 0 Å². The zero-order chi connectivity index (χ0) is 12.4. The number of nitrogens with one attached hydrogen (secondary N) is 2. The van der Waals surface area contributed by atoms with Gasteiger partial charge in [0.2, 0.25) is 0 Å². The van der Waals surface area contributed by atoms with Crippen molar-refractivity contribution in [1.29, 1.82) is 0 Å². The molecule has 1 aromatic heterocycles. The minimum atomic E-state index is 0.775. The lowest BCUT2D eigenvalue weighted by Gasteiger charge is -2.10. The molecule has 2 aromatic rings. The Hall–Kier alpha value is -1.28. The number of aromatic amines is 1. The first kappa shape index (κ1) is 11.8. The molecular formula is C16H22N2. The molecular weight excluding hydrogens is 220 g/mol. The predicted octanol–water partition coefficient (Wildman–Crippen LogP) is 3.55. The van der Waals surface area contributed by atoms with Crippen LogP contribution in [0.4, 0.5) is 0 Å². The van der Waals surface area contributed by atoms with Crippen molar-refractivity contribution in [2.45, 2.75) is 45.1 Å². The van der Waals surface area contributed by atoms with E-state index >= 15 is 0 Å². The van der Waals surface area contributed by atoms with Gasteiger partial charge in [-0.1, -0.05) is 25.0 Å². The topological polar surface area (TPSA) is 27.8 Å². The molecule has 1 heterocycles. The summed E-state index contributed by atoms with van der Waals surface area (Å²) in [4.78, 5) is 3.38. The molecule has 0 amide bonds. The van der Waals surface area contributed by atoms with Crippen molar-refractivity contribution in [3.63, 3.8) is 0 Å². The van der Waals surface area contributed by atoms with E-state index in [1.807, 2.05) is 0 Å². The van der Waals surface area contributed by atoms with Crippen molar-refractivity contribution in [2.24, 2.45) is 0 Å². The molecule has 1 saturated carbocycles. The lowest BCUT2D eigenvalue weighted by atomic mass is 10.1. The Bertz CT molecular complexity index is 521. The van der Waals surface area contributed by atoms with Gasteiger partial charge in [0.15, 0.2) is 0 Å². The average molecular weight is 242 g/mol. The normalized spacial score (nSPS) is 16.7. The van der Waals surface area contributed by atoms with Gasteiger partial charge in [-0.05, 0) is 49.9 Å². The van der Waals surface area contributed by atoms with Gasteiger partial charge in [-0.25, -0.2) is 0 Å². The van der Waals surface area contributed by atoms with Crippen molar-refractivity contribution in [3.8, 4) is 0 Å². The predicted molar refractivity (Wildman–Crippen MR) is 77.0 cm³/mol. The van der Waals surface area contributed by atoms with Crippen LogP contribution >= 0.6 is 0 Å². The number of hydrogen-bond donors (Lipinski definition) is 2. The van der Waals surface area contributed by atoms with Gasteiger partial charge in [0.1, 0.15) is 0 Å². The van der Waals surface area contributed by atoms with E-state index in [-0.39, 0.29) is 0 Å². The molecule has 96 valence electrons. The van der Waals surface area contributed by atoms with Crippen LogP contribution in [-0.4, -0.2) is 17.6 Å². The van der Waals surface area contributed by atoms with Crippen LogP contribution in [0.15, 0.2) is 24.4 Å². The zero-order valence-electron chi connectivity index (χ0n) is 11.1. The molecule has 0 spiro atoms. The molecule has 0 atom stereocenters. The maximum Gasteiger partial charge on any atom is 0.0459 e. The molecule has 2 heteroatoms. The summed E-state index contributed by atoms with van der Waals surface area (Å²) in [5.41, 5.74) is 4.03. The van der Waals surface area contributed by atoms with Crippen LogP contribution in [0.25, 0.3) is 10.9 Å². The molecule has 0 saturated heterocycles. The standard InChI is InChI=1S/C16H22N2/c1-12-6-7-15-13(11-18-16(15)10-12)8-9-17-14-4-2-3-5-14/h6-7,10-11,14,17-18H,2-5,8-9H2,1H3. The van der Waals surface area contributed by atoms with Gasteiger partial charge in [0.25, 0.3) is 0 Å². The van der Waals surface area contributed by atoms with E-state index in [0.29, 0.717) is 0 Å². The Labute approximate surface area is 109 Å². The summed E-state index contributed by atoms with van der Waals surface area (Å²) in [7, 11) is 0. The molecule has 18 heavy (non-hydrogen) atoms. The van der Waals surface area contributed by atoms with Crippen molar-refractivity contribution in [1.82, 2.24) is 10.3 Å². The summed E-state index contributed by atoms with van der Waals surface area (Å²) in [5, 5.41) is 5.07. The largest absolute Gasteiger partial charge is 0.361 e. The van der Waals surface area contributed by atoms with Crippen LogP contribution in [0.2, 0.25) is 0 Å². The molecule has 0 bridgehead atoms. The minimum absolute atomic E-state index is 0.775. The lowest BCUT2D eigenvalue weighted by molar-refractivity contribution is 0.528. The highest BCUT2D eigenvalue weighted by Gasteiger charge is 2.13. The maximum absolute atomic E-state index is 3.68. The van der Waals surface area contributed by atoms with E-state index in [9.17, 15) is 0 Å². The first-order valence-electron chi connectivity index (χ1n) is 7.13. The third-order valence-electron chi connectivity index (χ3n) is 4.11. The second-order valence-corrected chi connectivity index (χ2v) is 5.55. The highest BCUT2D eigenvalue weighted by Crippen LogP contribution is 2.20. The maximum atomic E-state index is 3.68.